The standard InChI is InChI=1S/C25H28N2O3S/c1-18-7-10-23(11-8-18)31(29)17-22-9-12-24(30-22)25(28)26-13-14-27(20(3)16-26)21-6-4-5-19(2)15-21/h4-12,15,20H,13-14,16-17H2,1-3H3. The summed E-state index contributed by atoms with van der Waals surface area (Å²) in [6, 6.07) is 19.8. The Morgan fingerprint density at radius 1 is 1.06 bits per heavy atom. The molecule has 31 heavy (non-hydrogen) atoms. The molecule has 1 saturated heterocycles. The number of piperazine rings is 1. The van der Waals surface area contributed by atoms with Crippen molar-refractivity contribution in [1.82, 2.24) is 4.90 Å². The summed E-state index contributed by atoms with van der Waals surface area (Å²) < 4.78 is 18.4. The third-order valence-electron chi connectivity index (χ3n) is 5.68. The van der Waals surface area contributed by atoms with Gasteiger partial charge in [-0.2, -0.15) is 0 Å². The van der Waals surface area contributed by atoms with Crippen LogP contribution in [0.4, 0.5) is 5.69 Å². The quantitative estimate of drug-likeness (QED) is 0.551. The molecule has 0 bridgehead atoms. The number of aryl methyl sites for hydroxylation is 2. The van der Waals surface area contributed by atoms with Gasteiger partial charge in [0, 0.05) is 31.4 Å². The first kappa shape index (κ1) is 21.5. The van der Waals surface area contributed by atoms with Crippen molar-refractivity contribution in [3.05, 3.63) is 83.3 Å². The summed E-state index contributed by atoms with van der Waals surface area (Å²) in [4.78, 5) is 17.9. The highest BCUT2D eigenvalue weighted by Crippen LogP contribution is 2.24. The van der Waals surface area contributed by atoms with Gasteiger partial charge in [0.1, 0.15) is 0 Å². The first-order chi connectivity index (χ1) is 14.9. The molecule has 6 heteroatoms. The van der Waals surface area contributed by atoms with E-state index in [1.54, 1.807) is 12.1 Å². The molecule has 1 aliphatic heterocycles. The van der Waals surface area contributed by atoms with Gasteiger partial charge < -0.3 is 18.8 Å². The fourth-order valence-corrected chi connectivity index (χ4v) is 4.98. The van der Waals surface area contributed by atoms with Gasteiger partial charge >= 0.3 is 0 Å². The maximum absolute atomic E-state index is 13.0. The summed E-state index contributed by atoms with van der Waals surface area (Å²) in [6.45, 7) is 8.29. The normalized spacial score (nSPS) is 17.6. The molecule has 0 aliphatic carbocycles. The second-order valence-electron chi connectivity index (χ2n) is 8.20. The molecule has 2 heterocycles. The van der Waals surface area contributed by atoms with Gasteiger partial charge in [-0.25, -0.2) is 0 Å². The predicted octanol–water partition coefficient (Wildman–Crippen LogP) is 4.56. The summed E-state index contributed by atoms with van der Waals surface area (Å²) in [5.74, 6) is 1.03. The summed E-state index contributed by atoms with van der Waals surface area (Å²) in [5, 5.41) is 0. The number of benzene rings is 2. The maximum atomic E-state index is 13.0. The lowest BCUT2D eigenvalue weighted by Crippen LogP contribution is -2.53. The van der Waals surface area contributed by atoms with E-state index in [9.17, 15) is 9.35 Å². The van der Waals surface area contributed by atoms with Crippen molar-refractivity contribution < 1.29 is 13.8 Å². The zero-order valence-electron chi connectivity index (χ0n) is 18.2. The minimum atomic E-state index is -1.21. The average Bonchev–Trinajstić information content (AvgIpc) is 3.22. The fourth-order valence-electron chi connectivity index (χ4n) is 3.96. The minimum Gasteiger partial charge on any atom is -0.611 e. The van der Waals surface area contributed by atoms with Crippen molar-refractivity contribution in [2.75, 3.05) is 24.5 Å². The van der Waals surface area contributed by atoms with Crippen molar-refractivity contribution in [3.63, 3.8) is 0 Å². The number of carbonyl (C=O) groups is 1. The monoisotopic (exact) mass is 436 g/mol. The molecule has 0 spiro atoms. The smallest absolute Gasteiger partial charge is 0.289 e. The van der Waals surface area contributed by atoms with E-state index in [1.165, 1.54) is 11.3 Å². The van der Waals surface area contributed by atoms with Crippen LogP contribution in [0.5, 0.6) is 0 Å². The van der Waals surface area contributed by atoms with Crippen LogP contribution in [-0.2, 0) is 16.9 Å². The number of rotatable bonds is 5. The van der Waals surface area contributed by atoms with E-state index in [0.717, 1.165) is 17.0 Å². The van der Waals surface area contributed by atoms with Crippen LogP contribution in [-0.4, -0.2) is 41.0 Å². The third kappa shape index (κ3) is 4.97. The highest BCUT2D eigenvalue weighted by atomic mass is 32.2. The van der Waals surface area contributed by atoms with Crippen LogP contribution in [0, 0.1) is 13.8 Å². The van der Waals surface area contributed by atoms with E-state index in [1.807, 2.05) is 36.1 Å². The van der Waals surface area contributed by atoms with Gasteiger partial charge in [-0.3, -0.25) is 4.79 Å². The van der Waals surface area contributed by atoms with Crippen LogP contribution in [0.25, 0.3) is 0 Å². The maximum Gasteiger partial charge on any atom is 0.289 e. The van der Waals surface area contributed by atoms with Crippen molar-refractivity contribution in [1.29, 1.82) is 0 Å². The van der Waals surface area contributed by atoms with E-state index < -0.39 is 11.2 Å². The van der Waals surface area contributed by atoms with Crippen LogP contribution in [0.3, 0.4) is 0 Å². The number of carbonyl (C=O) groups excluding carboxylic acids is 1. The van der Waals surface area contributed by atoms with Crippen LogP contribution >= 0.6 is 0 Å². The number of anilines is 1. The Bertz CT molecular complexity index is 1050. The lowest BCUT2D eigenvalue weighted by Gasteiger charge is -2.41. The van der Waals surface area contributed by atoms with Crippen LogP contribution in [0.15, 0.2) is 70.0 Å². The molecule has 1 amide bonds. The van der Waals surface area contributed by atoms with Crippen molar-refractivity contribution in [2.24, 2.45) is 0 Å². The van der Waals surface area contributed by atoms with Gasteiger partial charge in [0.15, 0.2) is 22.2 Å². The Balaban J connectivity index is 1.38. The number of nitrogens with zero attached hydrogens (tertiary/aromatic N) is 2. The Hall–Kier alpha value is -2.70. The SMILES string of the molecule is Cc1ccc([S+]([O-])Cc2ccc(C(=O)N3CCN(c4cccc(C)c4)C(C)C3)o2)cc1. The summed E-state index contributed by atoms with van der Waals surface area (Å²) in [7, 11) is 0. The van der Waals surface area contributed by atoms with Crippen molar-refractivity contribution >= 4 is 22.8 Å². The van der Waals surface area contributed by atoms with Gasteiger partial charge in [-0.05, 0) is 73.9 Å². The molecule has 2 atom stereocenters. The molecular weight excluding hydrogens is 408 g/mol. The van der Waals surface area contributed by atoms with Gasteiger partial charge in [-0.1, -0.05) is 29.8 Å². The number of hydrogen-bond donors (Lipinski definition) is 0. The van der Waals surface area contributed by atoms with E-state index >= 15 is 0 Å². The zero-order valence-corrected chi connectivity index (χ0v) is 19.0. The average molecular weight is 437 g/mol. The second kappa shape index (κ2) is 9.20. The van der Waals surface area contributed by atoms with Crippen molar-refractivity contribution in [3.8, 4) is 0 Å². The van der Waals surface area contributed by atoms with Gasteiger partial charge in [0.25, 0.3) is 5.91 Å². The van der Waals surface area contributed by atoms with Crippen LogP contribution in [0.1, 0.15) is 34.4 Å². The minimum absolute atomic E-state index is 0.108. The van der Waals surface area contributed by atoms with E-state index in [4.69, 9.17) is 4.42 Å². The molecule has 2 aromatic carbocycles. The molecule has 0 radical (unpaired) electrons. The van der Waals surface area contributed by atoms with E-state index in [0.29, 0.717) is 24.6 Å². The lowest BCUT2D eigenvalue weighted by molar-refractivity contribution is 0.0692. The van der Waals surface area contributed by atoms with Gasteiger partial charge in [-0.15, -0.1) is 0 Å². The zero-order chi connectivity index (χ0) is 22.0. The summed E-state index contributed by atoms with van der Waals surface area (Å²) in [5.41, 5.74) is 3.55. The predicted molar refractivity (Wildman–Crippen MR) is 124 cm³/mol. The highest BCUT2D eigenvalue weighted by molar-refractivity contribution is 7.90. The molecule has 1 fully saturated rings. The molecule has 5 nitrogen and oxygen atoms in total. The van der Waals surface area contributed by atoms with Gasteiger partial charge in [0.2, 0.25) is 0 Å². The first-order valence-electron chi connectivity index (χ1n) is 10.6. The largest absolute Gasteiger partial charge is 0.611 e. The van der Waals surface area contributed by atoms with Crippen LogP contribution in [0.2, 0.25) is 0 Å². The molecule has 162 valence electrons. The first-order valence-corrected chi connectivity index (χ1v) is 11.9. The molecule has 0 saturated carbocycles. The van der Waals surface area contributed by atoms with Gasteiger partial charge in [0.05, 0.1) is 0 Å². The molecule has 1 aliphatic rings. The molecule has 1 aromatic heterocycles. The Labute approximate surface area is 186 Å². The Kier molecular flexibility index (Phi) is 6.39. The van der Waals surface area contributed by atoms with E-state index in [-0.39, 0.29) is 17.7 Å². The number of amides is 1. The summed E-state index contributed by atoms with van der Waals surface area (Å²) in [6.07, 6.45) is 0. The topological polar surface area (TPSA) is 59.8 Å². The Morgan fingerprint density at radius 3 is 2.55 bits per heavy atom. The van der Waals surface area contributed by atoms with E-state index in [2.05, 4.69) is 43.0 Å². The summed E-state index contributed by atoms with van der Waals surface area (Å²) >= 11 is -1.21. The number of hydrogen-bond acceptors (Lipinski definition) is 4. The molecule has 3 aromatic rings. The lowest BCUT2D eigenvalue weighted by atomic mass is 10.1. The molecule has 2 unspecified atom stereocenters. The Morgan fingerprint density at radius 2 is 1.84 bits per heavy atom. The molecule has 0 N–H and O–H groups in total. The molecule has 4 rings (SSSR count). The van der Waals surface area contributed by atoms with Crippen LogP contribution < -0.4 is 4.90 Å². The third-order valence-corrected chi connectivity index (χ3v) is 7.02. The second-order valence-corrected chi connectivity index (χ2v) is 9.65. The molecular formula is C25H28N2O3S. The highest BCUT2D eigenvalue weighted by Gasteiger charge is 2.29. The number of furan rings is 1. The van der Waals surface area contributed by atoms with Crippen molar-refractivity contribution in [2.45, 2.75) is 37.5 Å². The fraction of sp³-hybridized carbons (Fsp3) is 0.320.